The van der Waals surface area contributed by atoms with E-state index in [0.29, 0.717) is 18.4 Å². The van der Waals surface area contributed by atoms with Crippen LogP contribution in [0.5, 0.6) is 5.75 Å². The largest absolute Gasteiger partial charge is 0.496 e. The van der Waals surface area contributed by atoms with Crippen LogP contribution in [0, 0.1) is 0 Å². The van der Waals surface area contributed by atoms with Gasteiger partial charge in [0.25, 0.3) is 0 Å². The van der Waals surface area contributed by atoms with Crippen molar-refractivity contribution in [1.82, 2.24) is 25.1 Å². The lowest BCUT2D eigenvalue weighted by Gasteiger charge is -2.30. The van der Waals surface area contributed by atoms with Gasteiger partial charge in [0, 0.05) is 18.4 Å². The summed E-state index contributed by atoms with van der Waals surface area (Å²) in [6, 6.07) is 7.84. The van der Waals surface area contributed by atoms with Gasteiger partial charge in [-0.1, -0.05) is 12.1 Å². The van der Waals surface area contributed by atoms with Gasteiger partial charge in [-0.3, -0.25) is 10.00 Å². The zero-order valence-corrected chi connectivity index (χ0v) is 16.1. The first-order valence-electron chi connectivity index (χ1n) is 10.0. The third-order valence-corrected chi connectivity index (χ3v) is 5.64. The van der Waals surface area contributed by atoms with Crippen LogP contribution in [0.4, 0.5) is 0 Å². The number of methoxy groups -OCH3 is 1. The van der Waals surface area contributed by atoms with Crippen molar-refractivity contribution in [1.29, 1.82) is 0 Å². The zero-order valence-electron chi connectivity index (χ0n) is 16.1. The third kappa shape index (κ3) is 3.54. The molecule has 7 heteroatoms. The fraction of sp³-hybridized carbons (Fsp3) is 0.476. The summed E-state index contributed by atoms with van der Waals surface area (Å²) >= 11 is 0. The topological polar surface area (TPSA) is 80.1 Å². The molecule has 2 aromatic heterocycles. The van der Waals surface area contributed by atoms with E-state index in [1.165, 1.54) is 12.8 Å². The predicted molar refractivity (Wildman–Crippen MR) is 104 cm³/mol. The molecule has 2 aliphatic rings. The summed E-state index contributed by atoms with van der Waals surface area (Å²) in [5.74, 6) is 5.29. The molecule has 7 nitrogen and oxygen atoms in total. The monoisotopic (exact) mass is 379 g/mol. The Bertz CT molecular complexity index is 946. The molecule has 0 radical (unpaired) electrons. The second kappa shape index (κ2) is 7.39. The summed E-state index contributed by atoms with van der Waals surface area (Å²) in [5.41, 5.74) is 0.925. The molecule has 1 N–H and O–H groups in total. The van der Waals surface area contributed by atoms with E-state index in [4.69, 9.17) is 14.1 Å². The molecule has 0 bridgehead atoms. The number of hydrogen-bond donors (Lipinski definition) is 1. The van der Waals surface area contributed by atoms with E-state index in [1.54, 1.807) is 13.3 Å². The van der Waals surface area contributed by atoms with Crippen molar-refractivity contribution in [2.24, 2.45) is 0 Å². The van der Waals surface area contributed by atoms with Crippen LogP contribution in [0.25, 0.3) is 11.3 Å². The van der Waals surface area contributed by atoms with Crippen molar-refractivity contribution in [3.8, 4) is 17.1 Å². The Kier molecular flexibility index (Phi) is 4.60. The Hall–Kier alpha value is -2.67. The highest BCUT2D eigenvalue weighted by Crippen LogP contribution is 2.38. The highest BCUT2D eigenvalue weighted by Gasteiger charge is 2.30. The number of likely N-dealkylation sites (tertiary alicyclic amines) is 1. The lowest BCUT2D eigenvalue weighted by molar-refractivity contribution is 0.181. The molecule has 28 heavy (non-hydrogen) atoms. The first-order valence-corrected chi connectivity index (χ1v) is 10.0. The van der Waals surface area contributed by atoms with Gasteiger partial charge in [-0.15, -0.1) is 0 Å². The number of aromatic amines is 1. The Morgan fingerprint density at radius 2 is 2.11 bits per heavy atom. The van der Waals surface area contributed by atoms with Crippen molar-refractivity contribution < 1.29 is 9.15 Å². The van der Waals surface area contributed by atoms with Crippen LogP contribution >= 0.6 is 0 Å². The maximum atomic E-state index is 6.03. The van der Waals surface area contributed by atoms with E-state index in [1.807, 2.05) is 24.3 Å². The van der Waals surface area contributed by atoms with Gasteiger partial charge in [-0.2, -0.15) is 5.10 Å². The minimum absolute atomic E-state index is 0.376. The molecule has 1 saturated heterocycles. The standard InChI is InChI=1S/C21H25N5O2/c1-27-17-7-3-2-6-16(17)18-11-22-19(28-18)13-26-10-4-5-15(12-26)21-23-20(24-25-21)14-8-9-14/h2-3,6-7,11,14-15H,4-5,8-10,12-13H2,1H3,(H,23,24,25). The number of nitrogens with one attached hydrogen (secondary N) is 1. The van der Waals surface area contributed by atoms with Gasteiger partial charge in [-0.05, 0) is 44.4 Å². The lowest BCUT2D eigenvalue weighted by atomic mass is 9.97. The second-order valence-corrected chi connectivity index (χ2v) is 7.75. The van der Waals surface area contributed by atoms with Crippen LogP contribution in [0.3, 0.4) is 0 Å². The Morgan fingerprint density at radius 3 is 2.96 bits per heavy atom. The number of benzene rings is 1. The molecule has 146 valence electrons. The van der Waals surface area contributed by atoms with Crippen LogP contribution in [-0.2, 0) is 6.54 Å². The number of rotatable bonds is 6. The summed E-state index contributed by atoms with van der Waals surface area (Å²) in [6.45, 7) is 2.68. The van der Waals surface area contributed by atoms with Crippen LogP contribution in [0.1, 0.15) is 55.1 Å². The molecular weight excluding hydrogens is 354 g/mol. The first kappa shape index (κ1) is 17.4. The van der Waals surface area contributed by atoms with Crippen LogP contribution in [-0.4, -0.2) is 45.3 Å². The molecule has 5 rings (SSSR count). The van der Waals surface area contributed by atoms with Crippen molar-refractivity contribution in [2.75, 3.05) is 20.2 Å². The van der Waals surface area contributed by atoms with Gasteiger partial charge in [-0.25, -0.2) is 9.97 Å². The minimum Gasteiger partial charge on any atom is -0.496 e. The van der Waals surface area contributed by atoms with Crippen molar-refractivity contribution in [3.63, 3.8) is 0 Å². The third-order valence-electron chi connectivity index (χ3n) is 5.64. The van der Waals surface area contributed by atoms with Gasteiger partial charge in [0.1, 0.15) is 11.6 Å². The Balaban J connectivity index is 1.26. The number of ether oxygens (including phenoxy) is 1. The van der Waals surface area contributed by atoms with Crippen molar-refractivity contribution in [2.45, 2.75) is 44.1 Å². The number of oxazole rings is 1. The van der Waals surface area contributed by atoms with Crippen molar-refractivity contribution in [3.05, 3.63) is 48.0 Å². The molecule has 1 aromatic carbocycles. The molecule has 1 saturated carbocycles. The molecule has 1 aliphatic heterocycles. The smallest absolute Gasteiger partial charge is 0.209 e. The maximum absolute atomic E-state index is 6.03. The number of hydrogen-bond acceptors (Lipinski definition) is 6. The van der Waals surface area contributed by atoms with Gasteiger partial charge in [0.2, 0.25) is 5.89 Å². The molecule has 2 fully saturated rings. The van der Waals surface area contributed by atoms with E-state index in [9.17, 15) is 0 Å². The SMILES string of the molecule is COc1ccccc1-c1cnc(CN2CCCC(c3n[nH]c(C4CC4)n3)C2)o1. The first-order chi connectivity index (χ1) is 13.8. The van der Waals surface area contributed by atoms with Crippen LogP contribution in [0.15, 0.2) is 34.9 Å². The summed E-state index contributed by atoms with van der Waals surface area (Å²) < 4.78 is 11.5. The average molecular weight is 379 g/mol. The lowest BCUT2D eigenvalue weighted by Crippen LogP contribution is -2.34. The maximum Gasteiger partial charge on any atom is 0.209 e. The minimum atomic E-state index is 0.376. The summed E-state index contributed by atoms with van der Waals surface area (Å²) in [7, 11) is 1.67. The number of para-hydroxylation sites is 1. The van der Waals surface area contributed by atoms with Crippen LogP contribution < -0.4 is 4.74 Å². The number of H-pyrrole nitrogens is 1. The fourth-order valence-electron chi connectivity index (χ4n) is 3.97. The normalized spacial score (nSPS) is 20.4. The molecule has 0 spiro atoms. The van der Waals surface area contributed by atoms with Crippen molar-refractivity contribution >= 4 is 0 Å². The number of piperidine rings is 1. The predicted octanol–water partition coefficient (Wildman–Crippen LogP) is 3.73. The second-order valence-electron chi connectivity index (χ2n) is 7.75. The number of nitrogens with zero attached hydrogens (tertiary/aromatic N) is 4. The van der Waals surface area contributed by atoms with Gasteiger partial charge in [0.05, 0.1) is 25.4 Å². The van der Waals surface area contributed by atoms with Gasteiger partial charge < -0.3 is 9.15 Å². The highest BCUT2D eigenvalue weighted by atomic mass is 16.5. The fourth-order valence-corrected chi connectivity index (χ4v) is 3.97. The zero-order chi connectivity index (χ0) is 18.9. The van der Waals surface area contributed by atoms with Crippen LogP contribution in [0.2, 0.25) is 0 Å². The molecule has 1 aliphatic carbocycles. The summed E-state index contributed by atoms with van der Waals surface area (Å²) in [6.07, 6.45) is 6.54. The quantitative estimate of drug-likeness (QED) is 0.703. The molecule has 1 unspecified atom stereocenters. The van der Waals surface area contributed by atoms with Gasteiger partial charge in [0.15, 0.2) is 11.6 Å². The van der Waals surface area contributed by atoms with E-state index < -0.39 is 0 Å². The van der Waals surface area contributed by atoms with E-state index in [0.717, 1.165) is 60.5 Å². The van der Waals surface area contributed by atoms with E-state index >= 15 is 0 Å². The summed E-state index contributed by atoms with van der Waals surface area (Å²) in [5, 5.41) is 7.63. The summed E-state index contributed by atoms with van der Waals surface area (Å²) in [4.78, 5) is 11.6. The number of aromatic nitrogens is 4. The molecule has 0 amide bonds. The Labute approximate surface area is 164 Å². The molecule has 3 heterocycles. The Morgan fingerprint density at radius 1 is 1.21 bits per heavy atom. The van der Waals surface area contributed by atoms with E-state index in [2.05, 4.69) is 20.1 Å². The highest BCUT2D eigenvalue weighted by molar-refractivity contribution is 5.64. The molecule has 1 atom stereocenters. The van der Waals surface area contributed by atoms with Gasteiger partial charge >= 0.3 is 0 Å². The molecule has 3 aromatic rings. The van der Waals surface area contributed by atoms with E-state index in [-0.39, 0.29) is 0 Å². The average Bonchev–Trinajstić information content (AvgIpc) is 3.28. The molecular formula is C21H25N5O2.